The van der Waals surface area contributed by atoms with Gasteiger partial charge in [0.1, 0.15) is 6.04 Å². The van der Waals surface area contributed by atoms with Gasteiger partial charge in [-0.1, -0.05) is 29.8 Å². The lowest BCUT2D eigenvalue weighted by Crippen LogP contribution is -2.44. The molecule has 0 aromatic heterocycles. The van der Waals surface area contributed by atoms with Gasteiger partial charge >= 0.3 is 0 Å². The first-order valence-corrected chi connectivity index (χ1v) is 7.69. The lowest BCUT2D eigenvalue weighted by Gasteiger charge is -2.30. The number of nitrogens with one attached hydrogen (secondary N) is 1. The number of carbonyl (C=O) groups excluding carboxylic acids is 1. The zero-order valence-corrected chi connectivity index (χ0v) is 13.2. The maximum Gasteiger partial charge on any atom is 0.242 e. The van der Waals surface area contributed by atoms with Gasteiger partial charge in [-0.3, -0.25) is 9.69 Å². The van der Waals surface area contributed by atoms with Crippen molar-refractivity contribution in [2.75, 3.05) is 14.1 Å². The Balaban J connectivity index is 2.06. The monoisotopic (exact) mass is 290 g/mol. The van der Waals surface area contributed by atoms with E-state index in [1.54, 1.807) is 0 Å². The van der Waals surface area contributed by atoms with Crippen LogP contribution in [0.4, 0.5) is 0 Å². The van der Waals surface area contributed by atoms with Crippen LogP contribution in [0.1, 0.15) is 42.9 Å². The first kappa shape index (κ1) is 16.0. The van der Waals surface area contributed by atoms with E-state index >= 15 is 0 Å². The highest BCUT2D eigenvalue weighted by Gasteiger charge is 2.27. The van der Waals surface area contributed by atoms with E-state index in [1.807, 2.05) is 44.1 Å². The van der Waals surface area contributed by atoms with Crippen LogP contribution in [0.3, 0.4) is 0 Å². The summed E-state index contributed by atoms with van der Waals surface area (Å²) in [5, 5.41) is 12.7. The quantitative estimate of drug-likeness (QED) is 0.892. The summed E-state index contributed by atoms with van der Waals surface area (Å²) in [6.07, 6.45) is 3.09. The van der Waals surface area contributed by atoms with Gasteiger partial charge in [0.05, 0.1) is 6.10 Å². The smallest absolute Gasteiger partial charge is 0.242 e. The Morgan fingerprint density at radius 3 is 2.52 bits per heavy atom. The molecule has 0 saturated heterocycles. The number of aliphatic hydroxyl groups is 1. The van der Waals surface area contributed by atoms with Crippen LogP contribution >= 0.6 is 0 Å². The molecule has 0 spiro atoms. The third-order valence-electron chi connectivity index (χ3n) is 4.17. The summed E-state index contributed by atoms with van der Waals surface area (Å²) in [5.41, 5.74) is 2.18. The van der Waals surface area contributed by atoms with Gasteiger partial charge < -0.3 is 10.4 Å². The average Bonchev–Trinajstić information content (AvgIpc) is 2.41. The fraction of sp³-hybridized carbons (Fsp3) is 0.588. The zero-order chi connectivity index (χ0) is 15.4. The summed E-state index contributed by atoms with van der Waals surface area (Å²) < 4.78 is 0. The summed E-state index contributed by atoms with van der Waals surface area (Å²) in [6, 6.07) is 8.02. The van der Waals surface area contributed by atoms with Gasteiger partial charge in [-0.15, -0.1) is 0 Å². The topological polar surface area (TPSA) is 52.6 Å². The van der Waals surface area contributed by atoms with Gasteiger partial charge in [-0.25, -0.2) is 0 Å². The van der Waals surface area contributed by atoms with Crippen molar-refractivity contribution in [2.45, 2.75) is 50.8 Å². The van der Waals surface area contributed by atoms with Crippen LogP contribution in [0.15, 0.2) is 24.3 Å². The maximum atomic E-state index is 12.6. The van der Waals surface area contributed by atoms with Crippen molar-refractivity contribution in [3.63, 3.8) is 0 Å². The molecule has 1 aliphatic carbocycles. The summed E-state index contributed by atoms with van der Waals surface area (Å²) in [4.78, 5) is 14.6. The molecule has 116 valence electrons. The molecule has 4 heteroatoms. The minimum Gasteiger partial charge on any atom is -0.393 e. The molecule has 4 nitrogen and oxygen atoms in total. The lowest BCUT2D eigenvalue weighted by atomic mass is 9.92. The molecule has 1 atom stereocenters. The zero-order valence-electron chi connectivity index (χ0n) is 13.2. The summed E-state index contributed by atoms with van der Waals surface area (Å²) in [7, 11) is 3.86. The van der Waals surface area contributed by atoms with E-state index in [2.05, 4.69) is 11.4 Å². The highest BCUT2D eigenvalue weighted by Crippen LogP contribution is 2.22. The molecule has 0 bridgehead atoms. The second kappa shape index (κ2) is 7.05. The molecule has 1 aromatic rings. The Morgan fingerprint density at radius 1 is 1.29 bits per heavy atom. The standard InChI is InChI=1S/C17H26N2O2/c1-12-5-4-6-13(11-12)16(19(2)3)17(21)18-14-7-9-15(20)10-8-14/h4-6,11,14-16,20H,7-10H2,1-3H3,(H,18,21). The molecule has 1 saturated carbocycles. The maximum absolute atomic E-state index is 12.6. The van der Waals surface area contributed by atoms with Crippen molar-refractivity contribution in [1.29, 1.82) is 0 Å². The number of hydrogen-bond donors (Lipinski definition) is 2. The average molecular weight is 290 g/mol. The number of aryl methyl sites for hydroxylation is 1. The highest BCUT2D eigenvalue weighted by atomic mass is 16.3. The Labute approximate surface area is 127 Å². The van der Waals surface area contributed by atoms with E-state index in [-0.39, 0.29) is 24.1 Å². The number of rotatable bonds is 4. The second-order valence-corrected chi connectivity index (χ2v) is 6.29. The molecular formula is C17H26N2O2. The lowest BCUT2D eigenvalue weighted by molar-refractivity contribution is -0.126. The minimum absolute atomic E-state index is 0.0481. The van der Waals surface area contributed by atoms with Crippen LogP contribution < -0.4 is 5.32 Å². The van der Waals surface area contributed by atoms with Crippen LogP contribution in [0.2, 0.25) is 0 Å². The highest BCUT2D eigenvalue weighted by molar-refractivity contribution is 5.83. The summed E-state index contributed by atoms with van der Waals surface area (Å²) in [5.74, 6) is 0.0481. The van der Waals surface area contributed by atoms with E-state index in [4.69, 9.17) is 0 Å². The number of carbonyl (C=O) groups is 1. The Kier molecular flexibility index (Phi) is 5.37. The molecular weight excluding hydrogens is 264 g/mol. The largest absolute Gasteiger partial charge is 0.393 e. The van der Waals surface area contributed by atoms with Crippen LogP contribution in [-0.2, 0) is 4.79 Å². The Hall–Kier alpha value is -1.39. The molecule has 1 aromatic carbocycles. The molecule has 0 aliphatic heterocycles. The fourth-order valence-electron chi connectivity index (χ4n) is 3.02. The molecule has 1 aliphatic rings. The van der Waals surface area contributed by atoms with Crippen LogP contribution in [0, 0.1) is 6.92 Å². The number of amides is 1. The van der Waals surface area contributed by atoms with Crippen molar-refractivity contribution in [3.8, 4) is 0 Å². The predicted octanol–water partition coefficient (Wildman–Crippen LogP) is 2.02. The van der Waals surface area contributed by atoms with Crippen LogP contribution in [0.25, 0.3) is 0 Å². The third kappa shape index (κ3) is 4.29. The van der Waals surface area contributed by atoms with E-state index < -0.39 is 0 Å². The second-order valence-electron chi connectivity index (χ2n) is 6.29. The van der Waals surface area contributed by atoms with Crippen molar-refractivity contribution >= 4 is 5.91 Å². The first-order valence-electron chi connectivity index (χ1n) is 7.69. The molecule has 2 rings (SSSR count). The van der Waals surface area contributed by atoms with Crippen LogP contribution in [0.5, 0.6) is 0 Å². The van der Waals surface area contributed by atoms with E-state index in [0.29, 0.717) is 0 Å². The number of aliphatic hydroxyl groups excluding tert-OH is 1. The fourth-order valence-corrected chi connectivity index (χ4v) is 3.02. The molecule has 2 N–H and O–H groups in total. The SMILES string of the molecule is Cc1cccc(C(C(=O)NC2CCC(O)CC2)N(C)C)c1. The van der Waals surface area contributed by atoms with Crippen LogP contribution in [-0.4, -0.2) is 42.2 Å². The first-order chi connectivity index (χ1) is 9.97. The number of likely N-dealkylation sites (N-methyl/N-ethyl adjacent to an activating group) is 1. The minimum atomic E-state index is -0.267. The van der Waals surface area contributed by atoms with Crippen molar-refractivity contribution < 1.29 is 9.90 Å². The predicted molar refractivity (Wildman–Crippen MR) is 84.0 cm³/mol. The summed E-state index contributed by atoms with van der Waals surface area (Å²) >= 11 is 0. The normalized spacial score (nSPS) is 23.9. The van der Waals surface area contributed by atoms with E-state index in [9.17, 15) is 9.90 Å². The van der Waals surface area contributed by atoms with Crippen molar-refractivity contribution in [2.24, 2.45) is 0 Å². The van der Waals surface area contributed by atoms with Gasteiger partial charge in [0, 0.05) is 6.04 Å². The molecule has 0 radical (unpaired) electrons. The van der Waals surface area contributed by atoms with Gasteiger partial charge in [0.15, 0.2) is 0 Å². The number of nitrogens with zero attached hydrogens (tertiary/aromatic N) is 1. The molecule has 1 fully saturated rings. The molecule has 1 amide bonds. The Bertz CT molecular complexity index is 479. The third-order valence-corrected chi connectivity index (χ3v) is 4.17. The van der Waals surface area contributed by atoms with E-state index in [1.165, 1.54) is 0 Å². The van der Waals surface area contributed by atoms with Gasteiger partial charge in [0.2, 0.25) is 5.91 Å². The summed E-state index contributed by atoms with van der Waals surface area (Å²) in [6.45, 7) is 2.04. The number of benzene rings is 1. The molecule has 0 heterocycles. The molecule has 1 unspecified atom stereocenters. The number of hydrogen-bond acceptors (Lipinski definition) is 3. The Morgan fingerprint density at radius 2 is 1.95 bits per heavy atom. The van der Waals surface area contributed by atoms with Gasteiger partial charge in [0.25, 0.3) is 0 Å². The van der Waals surface area contributed by atoms with Crippen molar-refractivity contribution in [3.05, 3.63) is 35.4 Å². The van der Waals surface area contributed by atoms with E-state index in [0.717, 1.165) is 36.8 Å². The van der Waals surface area contributed by atoms with Gasteiger partial charge in [-0.05, 0) is 52.3 Å². The van der Waals surface area contributed by atoms with Gasteiger partial charge in [-0.2, -0.15) is 0 Å². The molecule has 21 heavy (non-hydrogen) atoms. The van der Waals surface area contributed by atoms with Crippen molar-refractivity contribution in [1.82, 2.24) is 10.2 Å².